The molecule has 0 unspecified atom stereocenters. The molecule has 0 aromatic carbocycles. The van der Waals surface area contributed by atoms with E-state index in [-0.39, 0.29) is 24.6 Å². The summed E-state index contributed by atoms with van der Waals surface area (Å²) in [5, 5.41) is 17.2. The van der Waals surface area contributed by atoms with Crippen LogP contribution in [-0.4, -0.2) is 61.7 Å². The van der Waals surface area contributed by atoms with Crippen LogP contribution in [0.2, 0.25) is 25.7 Å². The zero-order valence-corrected chi connectivity index (χ0v) is 25.8. The fraction of sp³-hybridized carbons (Fsp3) is 0.571. The van der Waals surface area contributed by atoms with E-state index in [0.29, 0.717) is 32.3 Å². The molecule has 1 fully saturated rings. The molecule has 0 atom stereocenters. The van der Waals surface area contributed by atoms with Crippen molar-refractivity contribution >= 4 is 24.8 Å². The summed E-state index contributed by atoms with van der Waals surface area (Å²) in [6.07, 6.45) is 4.47. The topological polar surface area (TPSA) is 96.8 Å². The van der Waals surface area contributed by atoms with Gasteiger partial charge in [0, 0.05) is 57.7 Å². The highest BCUT2D eigenvalue weighted by atomic mass is 28.3. The van der Waals surface area contributed by atoms with E-state index in [4.69, 9.17) is 14.6 Å². The summed E-state index contributed by atoms with van der Waals surface area (Å²) < 4.78 is 57.9. The van der Waals surface area contributed by atoms with Crippen LogP contribution >= 0.6 is 0 Å². The number of nitrogens with zero attached hydrogens (tertiary/aromatic N) is 7. The van der Waals surface area contributed by atoms with Gasteiger partial charge in [0.1, 0.15) is 18.2 Å². The molecule has 1 saturated carbocycles. The number of fused-ring (bicyclic) bond motifs is 1. The number of nitrogens with one attached hydrogen (secondary N) is 1. The van der Waals surface area contributed by atoms with Crippen molar-refractivity contribution in [3.05, 3.63) is 36.5 Å². The van der Waals surface area contributed by atoms with Crippen molar-refractivity contribution in [3.8, 4) is 17.0 Å². The van der Waals surface area contributed by atoms with Crippen LogP contribution in [0.3, 0.4) is 0 Å². The van der Waals surface area contributed by atoms with Gasteiger partial charge >= 0.3 is 6.18 Å². The summed E-state index contributed by atoms with van der Waals surface area (Å²) in [5.41, 5.74) is 1.65. The summed E-state index contributed by atoms with van der Waals surface area (Å²) in [6.45, 7) is 9.87. The highest BCUT2D eigenvalue weighted by molar-refractivity contribution is 6.76. The molecule has 42 heavy (non-hydrogen) atoms. The molecule has 0 aliphatic heterocycles. The smallest absolute Gasteiger partial charge is 0.438 e. The zero-order valence-electron chi connectivity index (χ0n) is 24.8. The van der Waals surface area contributed by atoms with E-state index in [9.17, 15) is 13.2 Å². The van der Waals surface area contributed by atoms with Gasteiger partial charge in [-0.3, -0.25) is 9.36 Å². The van der Waals surface area contributed by atoms with Crippen molar-refractivity contribution < 1.29 is 22.6 Å². The average Bonchev–Trinajstić information content (AvgIpc) is 3.63. The molecule has 10 nitrogen and oxygen atoms in total. The molecule has 5 rings (SSSR count). The van der Waals surface area contributed by atoms with Gasteiger partial charge in [0.2, 0.25) is 5.69 Å². The second-order valence-electron chi connectivity index (χ2n) is 12.1. The van der Waals surface area contributed by atoms with Crippen LogP contribution in [0.1, 0.15) is 44.3 Å². The van der Waals surface area contributed by atoms with Gasteiger partial charge in [0.05, 0.1) is 30.1 Å². The van der Waals surface area contributed by atoms with Crippen LogP contribution in [-0.2, 0) is 24.7 Å². The molecule has 1 N–H and O–H groups in total. The Labute approximate surface area is 244 Å². The first-order valence-electron chi connectivity index (χ1n) is 14.4. The predicted octanol–water partition coefficient (Wildman–Crippen LogP) is 6.35. The van der Waals surface area contributed by atoms with Crippen molar-refractivity contribution in [2.45, 2.75) is 83.3 Å². The molecule has 4 aromatic rings. The molecule has 228 valence electrons. The molecule has 4 heterocycles. The number of pyridine rings is 1. The van der Waals surface area contributed by atoms with Crippen LogP contribution in [0.25, 0.3) is 22.2 Å². The molecular formula is C28H39F3N8O2Si. The average molecular weight is 605 g/mol. The van der Waals surface area contributed by atoms with Crippen LogP contribution < -0.4 is 10.1 Å². The number of anilines is 1. The van der Waals surface area contributed by atoms with E-state index in [2.05, 4.69) is 40.1 Å². The van der Waals surface area contributed by atoms with Crippen molar-refractivity contribution in [1.29, 1.82) is 0 Å². The number of ether oxygens (including phenoxy) is 2. The number of alkyl halides is 3. The normalized spacial score (nSPS) is 18.1. The van der Waals surface area contributed by atoms with Crippen molar-refractivity contribution in [3.63, 3.8) is 0 Å². The maximum atomic E-state index is 13.8. The Morgan fingerprint density at radius 3 is 2.48 bits per heavy atom. The van der Waals surface area contributed by atoms with Crippen molar-refractivity contribution in [2.75, 3.05) is 18.5 Å². The molecule has 1 aliphatic carbocycles. The third-order valence-electron chi connectivity index (χ3n) is 7.43. The van der Waals surface area contributed by atoms with Gasteiger partial charge in [-0.2, -0.15) is 28.5 Å². The largest absolute Gasteiger partial charge is 0.486 e. The third kappa shape index (κ3) is 6.97. The number of aryl methyl sites for hydroxylation is 1. The standard InChI is InChI=1S/C28H39F3N8O2Si/c1-6-32-25-13-23-22(15-33-25)26(19-14-34-37(2)16-19)35-39(23)20-7-9-21(10-8-20)41-24-17-38(36-27(24)28(29,30)31)18-40-11-12-42(3,4)5/h13-17,20-21H,6-12,18H2,1-5H3,(H,32,33). The fourth-order valence-corrected chi connectivity index (χ4v) is 5.98. The second kappa shape index (κ2) is 12.1. The summed E-state index contributed by atoms with van der Waals surface area (Å²) in [4.78, 5) is 4.55. The highest BCUT2D eigenvalue weighted by Crippen LogP contribution is 2.39. The fourth-order valence-electron chi connectivity index (χ4n) is 5.22. The molecule has 0 spiro atoms. The lowest BCUT2D eigenvalue weighted by atomic mass is 9.93. The number of hydrogen-bond acceptors (Lipinski definition) is 7. The van der Waals surface area contributed by atoms with E-state index in [1.54, 1.807) is 10.9 Å². The molecule has 1 aliphatic rings. The Morgan fingerprint density at radius 1 is 1.07 bits per heavy atom. The first-order valence-corrected chi connectivity index (χ1v) is 18.1. The lowest BCUT2D eigenvalue weighted by Crippen LogP contribution is -2.27. The third-order valence-corrected chi connectivity index (χ3v) is 9.13. The number of hydrogen-bond donors (Lipinski definition) is 1. The SMILES string of the molecule is CCNc1cc2c(cn1)c(-c1cnn(C)c1)nn2C1CCC(Oc2cn(COCC[Si](C)(C)C)nc2C(F)(F)F)CC1. The van der Waals surface area contributed by atoms with Crippen LogP contribution in [0.5, 0.6) is 5.75 Å². The molecule has 0 amide bonds. The van der Waals surface area contributed by atoms with E-state index in [0.717, 1.165) is 40.6 Å². The second-order valence-corrected chi connectivity index (χ2v) is 17.7. The maximum Gasteiger partial charge on any atom is 0.438 e. The van der Waals surface area contributed by atoms with E-state index in [1.807, 2.05) is 37.1 Å². The summed E-state index contributed by atoms with van der Waals surface area (Å²) in [5.74, 6) is 0.520. The molecule has 0 saturated heterocycles. The van der Waals surface area contributed by atoms with Gasteiger partial charge in [0.15, 0.2) is 5.75 Å². The minimum absolute atomic E-state index is 0.0426. The van der Waals surface area contributed by atoms with E-state index < -0.39 is 19.9 Å². The van der Waals surface area contributed by atoms with Crippen LogP contribution in [0.15, 0.2) is 30.9 Å². The molecule has 0 radical (unpaired) electrons. The molecule has 14 heteroatoms. The minimum Gasteiger partial charge on any atom is -0.486 e. The van der Waals surface area contributed by atoms with Gasteiger partial charge < -0.3 is 14.8 Å². The predicted molar refractivity (Wildman–Crippen MR) is 157 cm³/mol. The molecular weight excluding hydrogens is 565 g/mol. The maximum absolute atomic E-state index is 13.8. The summed E-state index contributed by atoms with van der Waals surface area (Å²) in [6, 6.07) is 3.00. The van der Waals surface area contributed by atoms with Gasteiger partial charge in [0.25, 0.3) is 0 Å². The summed E-state index contributed by atoms with van der Waals surface area (Å²) in [7, 11) is 0.558. The number of halogens is 3. The first-order chi connectivity index (χ1) is 19.9. The number of aromatic nitrogens is 7. The Balaban J connectivity index is 1.30. The van der Waals surface area contributed by atoms with E-state index in [1.165, 1.54) is 10.9 Å². The number of rotatable bonds is 11. The lowest BCUT2D eigenvalue weighted by Gasteiger charge is -2.29. The highest BCUT2D eigenvalue weighted by Gasteiger charge is 2.39. The molecule has 0 bridgehead atoms. The minimum atomic E-state index is -4.62. The van der Waals surface area contributed by atoms with Crippen LogP contribution in [0, 0.1) is 0 Å². The van der Waals surface area contributed by atoms with Gasteiger partial charge in [-0.05, 0) is 38.7 Å². The zero-order chi connectivity index (χ0) is 30.1. The quantitative estimate of drug-likeness (QED) is 0.157. The van der Waals surface area contributed by atoms with Crippen molar-refractivity contribution in [2.24, 2.45) is 7.05 Å². The lowest BCUT2D eigenvalue weighted by molar-refractivity contribution is -0.143. The summed E-state index contributed by atoms with van der Waals surface area (Å²) >= 11 is 0. The Kier molecular flexibility index (Phi) is 8.65. The Hall–Kier alpha value is -3.39. The van der Waals surface area contributed by atoms with Crippen molar-refractivity contribution in [1.82, 2.24) is 34.3 Å². The molecule has 4 aromatic heterocycles. The first kappa shape index (κ1) is 30.1. The van der Waals surface area contributed by atoms with Gasteiger partial charge in [-0.15, -0.1) is 0 Å². The van der Waals surface area contributed by atoms with E-state index >= 15 is 0 Å². The Morgan fingerprint density at radius 2 is 1.83 bits per heavy atom. The monoisotopic (exact) mass is 604 g/mol. The van der Waals surface area contributed by atoms with Gasteiger partial charge in [-0.1, -0.05) is 19.6 Å². The van der Waals surface area contributed by atoms with Gasteiger partial charge in [-0.25, -0.2) is 9.67 Å². The Bertz CT molecular complexity index is 1500. The van der Waals surface area contributed by atoms with Crippen LogP contribution in [0.4, 0.5) is 19.0 Å².